The third kappa shape index (κ3) is 51.8. The molecule has 2 rings (SSSR count). The SMILES string of the molecule is CC(C)(C)[Si](C)(C)OC[C@H]1CO1.CCC[C@@H](O)CO[Si](C)(C)C(C)(C)C.CCC[C@H](C=O)OC.CCC[C@H](CO)OC.CCC[C@H](CO[Si](C)(C)C(C)(C)C)OC.CCC[CH2][Sn](/[CH]=C/[C@@H](CCC)OC)([CH2]CCC)[CH2]CCC.OC[C@H]1CO1. The van der Waals surface area contributed by atoms with Gasteiger partial charge in [-0.3, -0.25) is 0 Å². The van der Waals surface area contributed by atoms with E-state index in [1.807, 2.05) is 14.0 Å². The molecule has 2 fully saturated rings. The molecule has 17 heteroatoms. The van der Waals surface area contributed by atoms with Gasteiger partial charge in [-0.2, -0.15) is 0 Å². The van der Waals surface area contributed by atoms with E-state index in [0.717, 1.165) is 84.1 Å². The Bertz CT molecular complexity index is 1420. The molecule has 0 aliphatic carbocycles. The van der Waals surface area contributed by atoms with Crippen LogP contribution in [0.15, 0.2) is 10.2 Å². The van der Waals surface area contributed by atoms with E-state index in [1.165, 1.54) is 51.4 Å². The van der Waals surface area contributed by atoms with Crippen molar-refractivity contribution in [1.29, 1.82) is 0 Å². The zero-order valence-electron chi connectivity index (χ0n) is 60.1. The summed E-state index contributed by atoms with van der Waals surface area (Å²) in [5, 5.41) is 27.0. The van der Waals surface area contributed by atoms with Gasteiger partial charge in [0, 0.05) is 21.3 Å². The van der Waals surface area contributed by atoms with Gasteiger partial charge in [-0.15, -0.1) is 0 Å². The summed E-state index contributed by atoms with van der Waals surface area (Å²) >= 11 is -2.07. The molecule has 2 saturated heterocycles. The number of aldehydes is 1. The van der Waals surface area contributed by atoms with Gasteiger partial charge in [-0.1, -0.05) is 116 Å². The summed E-state index contributed by atoms with van der Waals surface area (Å²) in [5.41, 5.74) is 0. The monoisotopic (exact) mass is 1350 g/mol. The largest absolute Gasteiger partial charge is 0.394 e. The minimum atomic E-state index is -2.07. The number of carbonyl (C=O) groups excluding carboxylic acids is 1. The zero-order valence-corrected chi connectivity index (χ0v) is 65.9. The van der Waals surface area contributed by atoms with E-state index in [0.29, 0.717) is 23.9 Å². The van der Waals surface area contributed by atoms with Gasteiger partial charge in [0.2, 0.25) is 0 Å². The Labute approximate surface area is 523 Å². The fourth-order valence-electron chi connectivity index (χ4n) is 7.13. The first-order chi connectivity index (χ1) is 38.6. The number of methoxy groups -OCH3 is 4. The van der Waals surface area contributed by atoms with E-state index >= 15 is 0 Å². The summed E-state index contributed by atoms with van der Waals surface area (Å²) in [6.07, 6.45) is 22.8. The molecule has 0 aromatic rings. The molecule has 2 aliphatic rings. The van der Waals surface area contributed by atoms with Crippen LogP contribution in [0.1, 0.15) is 220 Å². The van der Waals surface area contributed by atoms with E-state index in [-0.39, 0.29) is 53.8 Å². The van der Waals surface area contributed by atoms with E-state index < -0.39 is 43.3 Å². The van der Waals surface area contributed by atoms with E-state index in [2.05, 4.69) is 165 Å². The molecule has 0 bridgehead atoms. The minimum Gasteiger partial charge on any atom is -0.394 e. The number of epoxide rings is 2. The molecule has 13 nitrogen and oxygen atoms in total. The third-order valence-electron chi connectivity index (χ3n) is 16.7. The van der Waals surface area contributed by atoms with Gasteiger partial charge >= 0.3 is 139 Å². The van der Waals surface area contributed by atoms with Crippen LogP contribution >= 0.6 is 0 Å². The summed E-state index contributed by atoms with van der Waals surface area (Å²) < 4.78 is 55.8. The summed E-state index contributed by atoms with van der Waals surface area (Å²) in [6.45, 7) is 55.4. The number of aliphatic hydroxyl groups excluding tert-OH is 3. The van der Waals surface area contributed by atoms with Gasteiger partial charge in [0.05, 0.1) is 64.6 Å². The summed E-state index contributed by atoms with van der Waals surface area (Å²) in [7, 11) is 2.05. The standard InChI is InChI=1S/C12H28O2Si.C11H26O2Si.C9H20O2Si.C7H13O.C6H14O2.C6H12O2.3C4H9.C3H6O2.Sn/c1-8-9-11(13-5)10-14-15(6,7)12(2,3)4;1-7-8-10(12)9-13-14(5,6)11(2,3)4;1-9(2,3)12(4,5)11-7-8-6-10-8;1-4-6-7(5-2)8-3;2*1-3-4-6(5-7)8-2;3*1-3-4-2;4-1-3-2-5-3;/h11H,8-10H2,1-7H3;10,12H,7-9H2,1-6H3;8H,6-7H2,1-5H3;2,5,7H,4,6H2,1,3H3;6-7H,3-5H2,1-2H3;5-6H,3-4H2,1-2H3;3*1,3-4H2,2H3;3-4H,1-2H2;/t11-;10-;8-;7-;2*6-;;;;3-;/m111011...0./s1. The predicted molar refractivity (Wildman–Crippen MR) is 367 cm³/mol. The van der Waals surface area contributed by atoms with Crippen LogP contribution in [0.5, 0.6) is 0 Å². The molecule has 2 aliphatic heterocycles. The van der Waals surface area contributed by atoms with Crippen LogP contribution in [0, 0.1) is 0 Å². The number of ether oxygens (including phenoxy) is 6. The second kappa shape index (κ2) is 53.1. The van der Waals surface area contributed by atoms with Gasteiger partial charge in [0.15, 0.2) is 25.0 Å². The number of rotatable bonds is 37. The van der Waals surface area contributed by atoms with E-state index in [1.54, 1.807) is 34.6 Å². The Hall–Kier alpha value is 0.379. The first-order valence-corrected chi connectivity index (χ1v) is 49.3. The molecule has 504 valence electrons. The van der Waals surface area contributed by atoms with Crippen molar-refractivity contribution < 1.29 is 61.8 Å². The topological polar surface area (TPSA) is 167 Å². The number of hydrogen-bond acceptors (Lipinski definition) is 13. The van der Waals surface area contributed by atoms with Crippen molar-refractivity contribution in [2.75, 3.05) is 74.7 Å². The molecule has 0 radical (unpaired) electrons. The number of hydrogen-bond donors (Lipinski definition) is 3. The molecule has 0 unspecified atom stereocenters. The van der Waals surface area contributed by atoms with Crippen molar-refractivity contribution in [2.45, 2.75) is 331 Å². The molecule has 0 aromatic carbocycles. The maximum Gasteiger partial charge on any atom is 0.104 e. The molecule has 0 amide bonds. The van der Waals surface area contributed by atoms with Crippen molar-refractivity contribution in [1.82, 2.24) is 0 Å². The third-order valence-corrected chi connectivity index (χ3v) is 44.3. The van der Waals surface area contributed by atoms with Crippen LogP contribution in [-0.4, -0.2) is 182 Å². The molecule has 7 atom stereocenters. The average molecular weight is 1350 g/mol. The Balaban J connectivity index is -0.000000296. The first-order valence-electron chi connectivity index (χ1n) is 32.9. The molecular formula is C66H146O13Si3Sn. The number of aliphatic hydroxyl groups is 3. The van der Waals surface area contributed by atoms with Gasteiger partial charge in [-0.05, 0) is 80.1 Å². The van der Waals surface area contributed by atoms with Crippen LogP contribution in [0.25, 0.3) is 0 Å². The van der Waals surface area contributed by atoms with Crippen LogP contribution in [0.3, 0.4) is 0 Å². The van der Waals surface area contributed by atoms with Crippen LogP contribution in [0.4, 0.5) is 0 Å². The maximum atomic E-state index is 10.0. The normalized spacial score (nSPS) is 17.1. The Kier molecular flexibility index (Phi) is 58.9. The number of carbonyl (C=O) groups is 1. The summed E-state index contributed by atoms with van der Waals surface area (Å²) in [5.74, 6) is 0. The minimum absolute atomic E-state index is 0.0556. The molecule has 0 saturated carbocycles. The Morgan fingerprint density at radius 3 is 1.13 bits per heavy atom. The Morgan fingerprint density at radius 1 is 0.506 bits per heavy atom. The van der Waals surface area contributed by atoms with Crippen molar-refractivity contribution in [2.24, 2.45) is 0 Å². The molecule has 0 spiro atoms. The second-order valence-electron chi connectivity index (χ2n) is 27.5. The quantitative estimate of drug-likeness (QED) is 0.0306. The molecular weight excluding hydrogens is 1200 g/mol. The van der Waals surface area contributed by atoms with Crippen molar-refractivity contribution in [3.8, 4) is 0 Å². The molecule has 83 heavy (non-hydrogen) atoms. The Morgan fingerprint density at radius 2 is 0.867 bits per heavy atom. The van der Waals surface area contributed by atoms with E-state index in [9.17, 15) is 9.90 Å². The first kappa shape index (κ1) is 92.1. The smallest absolute Gasteiger partial charge is 0.104 e. The summed E-state index contributed by atoms with van der Waals surface area (Å²) in [4.78, 5) is 10.0. The molecule has 3 N–H and O–H groups in total. The van der Waals surface area contributed by atoms with Gasteiger partial charge in [0.1, 0.15) is 24.6 Å². The zero-order chi connectivity index (χ0) is 65.4. The van der Waals surface area contributed by atoms with Crippen LogP contribution in [-0.2, 0) is 46.5 Å². The maximum absolute atomic E-state index is 10.0. The average Bonchev–Trinajstić information content (AvgIpc) is 4.38. The van der Waals surface area contributed by atoms with Gasteiger partial charge < -0.3 is 57.1 Å². The van der Waals surface area contributed by atoms with Crippen molar-refractivity contribution in [3.63, 3.8) is 0 Å². The van der Waals surface area contributed by atoms with Crippen LogP contribution in [0.2, 0.25) is 67.7 Å². The van der Waals surface area contributed by atoms with Gasteiger partial charge in [0.25, 0.3) is 0 Å². The van der Waals surface area contributed by atoms with Crippen molar-refractivity contribution in [3.05, 3.63) is 10.2 Å². The molecule has 0 aromatic heterocycles. The summed E-state index contributed by atoms with van der Waals surface area (Å²) in [6, 6.07) is 0. The molecule has 2 heterocycles. The second-order valence-corrected chi connectivity index (χ2v) is 55.0. The fourth-order valence-corrected chi connectivity index (χ4v) is 24.6. The number of unbranched alkanes of at least 4 members (excludes halogenated alkanes) is 3. The van der Waals surface area contributed by atoms with Crippen molar-refractivity contribution >= 4 is 49.6 Å². The van der Waals surface area contributed by atoms with E-state index in [4.69, 9.17) is 47.2 Å². The fraction of sp³-hybridized carbons (Fsp3) is 0.955. The van der Waals surface area contributed by atoms with Gasteiger partial charge in [-0.25, -0.2) is 0 Å². The predicted octanol–water partition coefficient (Wildman–Crippen LogP) is 17.3. The van der Waals surface area contributed by atoms with Crippen LogP contribution < -0.4 is 0 Å².